The average molecular weight is 213 g/mol. The number of nitrogens with zero attached hydrogens (tertiary/aromatic N) is 2. The smallest absolute Gasteiger partial charge is 0.223 e. The van der Waals surface area contributed by atoms with Gasteiger partial charge >= 0.3 is 0 Å². The number of anilines is 1. The Kier molecular flexibility index (Phi) is 1.97. The van der Waals surface area contributed by atoms with E-state index in [1.165, 1.54) is 11.8 Å². The van der Waals surface area contributed by atoms with Gasteiger partial charge in [-0.25, -0.2) is 4.98 Å². The topological polar surface area (TPSA) is 83.4 Å². The molecule has 2 aromatic rings. The van der Waals surface area contributed by atoms with Gasteiger partial charge < -0.3 is 15.7 Å². The van der Waals surface area contributed by atoms with Gasteiger partial charge in [0.05, 0.1) is 0 Å². The summed E-state index contributed by atoms with van der Waals surface area (Å²) in [6.45, 7) is 0. The molecule has 2 rings (SSSR count). The number of hydrogen-bond acceptors (Lipinski definition) is 5. The Morgan fingerprint density at radius 2 is 2.15 bits per heavy atom. The molecule has 0 amide bonds. The Labute approximate surface area is 83.2 Å². The number of thioether (sulfide) groups is 1. The molecule has 0 bridgehead atoms. The van der Waals surface area contributed by atoms with Crippen molar-refractivity contribution in [2.45, 2.75) is 5.03 Å². The summed E-state index contributed by atoms with van der Waals surface area (Å²) >= 11 is 6.43. The van der Waals surface area contributed by atoms with Crippen molar-refractivity contribution < 1.29 is 0 Å². The molecule has 0 saturated carbocycles. The Bertz CT molecular complexity index is 499. The number of fused-ring (bicyclic) bond motifs is 1. The maximum Gasteiger partial charge on any atom is 0.223 e. The summed E-state index contributed by atoms with van der Waals surface area (Å²) < 4.78 is 0.533. The summed E-state index contributed by atoms with van der Waals surface area (Å²) in [6, 6.07) is 0. The molecule has 0 aromatic carbocycles. The molecule has 0 atom stereocenters. The van der Waals surface area contributed by atoms with E-state index in [2.05, 4.69) is 19.9 Å². The van der Waals surface area contributed by atoms with E-state index in [4.69, 9.17) is 18.0 Å². The first kappa shape index (κ1) is 8.52. The standard InChI is InChI=1S/C6H7N5S2/c1-13-4-2-3(9-5(7)11-4)10-6(12)8-2/h1H3,(H4,7,8,9,10,11,12). The van der Waals surface area contributed by atoms with Gasteiger partial charge in [0, 0.05) is 0 Å². The molecule has 0 radical (unpaired) electrons. The molecule has 2 aromatic heterocycles. The number of aromatic amines is 2. The lowest BCUT2D eigenvalue weighted by molar-refractivity contribution is 1.11. The molecule has 0 unspecified atom stereocenters. The van der Waals surface area contributed by atoms with E-state index in [0.717, 1.165) is 10.5 Å². The molecule has 7 heteroatoms. The molecular weight excluding hydrogens is 206 g/mol. The lowest BCUT2D eigenvalue weighted by Gasteiger charge is -1.97. The minimum Gasteiger partial charge on any atom is -0.368 e. The summed E-state index contributed by atoms with van der Waals surface area (Å²) in [6.07, 6.45) is 1.92. The largest absolute Gasteiger partial charge is 0.368 e. The third-order valence-electron chi connectivity index (χ3n) is 1.56. The Balaban J connectivity index is 2.88. The van der Waals surface area contributed by atoms with E-state index in [1.54, 1.807) is 0 Å². The van der Waals surface area contributed by atoms with Crippen LogP contribution >= 0.6 is 24.0 Å². The monoisotopic (exact) mass is 213 g/mol. The van der Waals surface area contributed by atoms with Crippen molar-refractivity contribution in [3.8, 4) is 0 Å². The molecule has 13 heavy (non-hydrogen) atoms. The highest BCUT2D eigenvalue weighted by atomic mass is 32.2. The minimum atomic E-state index is 0.252. The lowest BCUT2D eigenvalue weighted by Crippen LogP contribution is -1.96. The first-order valence-electron chi connectivity index (χ1n) is 3.50. The van der Waals surface area contributed by atoms with Gasteiger partial charge in [0.2, 0.25) is 5.95 Å². The SMILES string of the molecule is CSc1nc(N)nc2[nH]c(=S)[nH]c12. The third-order valence-corrected chi connectivity index (χ3v) is 2.44. The van der Waals surface area contributed by atoms with Crippen LogP contribution in [0.3, 0.4) is 0 Å². The van der Waals surface area contributed by atoms with Crippen LogP contribution in [0, 0.1) is 4.77 Å². The zero-order valence-corrected chi connectivity index (χ0v) is 8.42. The summed E-state index contributed by atoms with van der Waals surface area (Å²) in [5.41, 5.74) is 6.97. The summed E-state index contributed by atoms with van der Waals surface area (Å²) in [5.74, 6) is 0.252. The molecule has 0 aliphatic rings. The van der Waals surface area contributed by atoms with Crippen LogP contribution < -0.4 is 5.73 Å². The summed E-state index contributed by atoms with van der Waals surface area (Å²) in [5, 5.41) is 0.801. The quantitative estimate of drug-likeness (QED) is 0.378. The van der Waals surface area contributed by atoms with Crippen molar-refractivity contribution in [3.63, 3.8) is 0 Å². The number of rotatable bonds is 1. The number of nitrogens with two attached hydrogens (primary N) is 1. The van der Waals surface area contributed by atoms with Crippen LogP contribution in [0.4, 0.5) is 5.95 Å². The van der Waals surface area contributed by atoms with Gasteiger partial charge in [-0.1, -0.05) is 0 Å². The maximum absolute atomic E-state index is 5.51. The Morgan fingerprint density at radius 3 is 2.85 bits per heavy atom. The molecule has 4 N–H and O–H groups in total. The maximum atomic E-state index is 5.51. The normalized spacial score (nSPS) is 10.8. The van der Waals surface area contributed by atoms with Crippen LogP contribution in [0.2, 0.25) is 0 Å². The van der Waals surface area contributed by atoms with E-state index in [9.17, 15) is 0 Å². The van der Waals surface area contributed by atoms with Crippen LogP contribution in [0.1, 0.15) is 0 Å². The Morgan fingerprint density at radius 1 is 1.38 bits per heavy atom. The summed E-state index contributed by atoms with van der Waals surface area (Å²) in [4.78, 5) is 13.9. The van der Waals surface area contributed by atoms with Gasteiger partial charge in [-0.05, 0) is 18.5 Å². The van der Waals surface area contributed by atoms with Gasteiger partial charge in [0.25, 0.3) is 0 Å². The minimum absolute atomic E-state index is 0.252. The molecule has 0 aliphatic carbocycles. The molecular formula is C6H7N5S2. The molecule has 0 fully saturated rings. The van der Waals surface area contributed by atoms with Crippen LogP contribution in [-0.4, -0.2) is 26.2 Å². The van der Waals surface area contributed by atoms with E-state index >= 15 is 0 Å². The highest BCUT2D eigenvalue weighted by Crippen LogP contribution is 2.21. The van der Waals surface area contributed by atoms with Crippen molar-refractivity contribution in [3.05, 3.63) is 4.77 Å². The number of H-pyrrole nitrogens is 2. The van der Waals surface area contributed by atoms with Crippen molar-refractivity contribution in [2.75, 3.05) is 12.0 Å². The van der Waals surface area contributed by atoms with Crippen LogP contribution in [0.25, 0.3) is 11.2 Å². The van der Waals surface area contributed by atoms with Crippen molar-refractivity contribution in [2.24, 2.45) is 0 Å². The summed E-state index contributed by atoms with van der Waals surface area (Å²) in [7, 11) is 0. The highest BCUT2D eigenvalue weighted by molar-refractivity contribution is 7.98. The van der Waals surface area contributed by atoms with Gasteiger partial charge in [0.1, 0.15) is 10.5 Å². The molecule has 5 nitrogen and oxygen atoms in total. The molecule has 2 heterocycles. The molecule has 68 valence electrons. The number of hydrogen-bond donors (Lipinski definition) is 3. The zero-order chi connectivity index (χ0) is 9.42. The lowest BCUT2D eigenvalue weighted by atomic mass is 10.5. The van der Waals surface area contributed by atoms with Crippen molar-refractivity contribution >= 4 is 41.1 Å². The predicted octanol–water partition coefficient (Wildman–Crippen LogP) is 1.32. The van der Waals surface area contributed by atoms with Gasteiger partial charge in [0.15, 0.2) is 10.4 Å². The van der Waals surface area contributed by atoms with Gasteiger partial charge in [-0.2, -0.15) is 4.98 Å². The second-order valence-corrected chi connectivity index (χ2v) is 3.60. The fourth-order valence-corrected chi connectivity index (χ4v) is 1.80. The fourth-order valence-electron chi connectivity index (χ4n) is 1.06. The van der Waals surface area contributed by atoms with Crippen molar-refractivity contribution in [1.29, 1.82) is 0 Å². The Hall–Kier alpha value is -1.08. The van der Waals surface area contributed by atoms with Crippen LogP contribution in [0.5, 0.6) is 0 Å². The van der Waals surface area contributed by atoms with Gasteiger partial charge in [-0.3, -0.25) is 0 Å². The second-order valence-electron chi connectivity index (χ2n) is 2.39. The number of nitrogens with one attached hydrogen (secondary N) is 2. The van der Waals surface area contributed by atoms with Gasteiger partial charge in [-0.15, -0.1) is 11.8 Å². The van der Waals surface area contributed by atoms with E-state index in [1.807, 2.05) is 6.26 Å². The molecule has 0 spiro atoms. The molecule has 0 aliphatic heterocycles. The zero-order valence-electron chi connectivity index (χ0n) is 6.79. The van der Waals surface area contributed by atoms with E-state index < -0.39 is 0 Å². The predicted molar refractivity (Wildman–Crippen MR) is 55.3 cm³/mol. The van der Waals surface area contributed by atoms with Crippen molar-refractivity contribution in [1.82, 2.24) is 19.9 Å². The van der Waals surface area contributed by atoms with Crippen LogP contribution in [-0.2, 0) is 0 Å². The average Bonchev–Trinajstić information content (AvgIpc) is 2.43. The third kappa shape index (κ3) is 1.40. The van der Waals surface area contributed by atoms with E-state index in [-0.39, 0.29) is 5.95 Å². The second kappa shape index (κ2) is 3.00. The highest BCUT2D eigenvalue weighted by Gasteiger charge is 2.06. The number of nitrogen functional groups attached to an aromatic ring is 1. The first-order chi connectivity index (χ1) is 6.20. The first-order valence-corrected chi connectivity index (χ1v) is 5.13. The van der Waals surface area contributed by atoms with E-state index in [0.29, 0.717) is 10.4 Å². The number of aromatic nitrogens is 4. The fraction of sp³-hybridized carbons (Fsp3) is 0.167. The molecule has 0 saturated heterocycles. The number of imidazole rings is 1. The van der Waals surface area contributed by atoms with Crippen LogP contribution in [0.15, 0.2) is 5.03 Å².